The molecule has 11 rings (SSSR count). The van der Waals surface area contributed by atoms with Crippen molar-refractivity contribution in [2.45, 2.75) is 0 Å². The van der Waals surface area contributed by atoms with Crippen LogP contribution in [-0.2, 0) is 0 Å². The molecule has 0 N–H and O–H groups in total. The standard InChI is InChI=1S/C56H39NSi/c1-3-16-40(17-4-1)43-30-34-47(35-31-43)57(52-26-13-11-24-50(52)44-20-5-2-6-21-44)53-27-15-29-55-56(53)51-25-12-14-28-54(51)58(55,48-36-32-41-18-7-9-22-45(41)38-48)49-37-33-42-19-8-10-23-46(42)39-49/h1-39H. The summed E-state index contributed by atoms with van der Waals surface area (Å²) in [5, 5.41) is 10.7. The highest BCUT2D eigenvalue weighted by Gasteiger charge is 2.50. The van der Waals surface area contributed by atoms with Crippen LogP contribution in [-0.4, -0.2) is 8.07 Å². The van der Waals surface area contributed by atoms with E-state index in [0.717, 1.165) is 11.4 Å². The third kappa shape index (κ3) is 5.45. The van der Waals surface area contributed by atoms with Crippen molar-refractivity contribution in [2.24, 2.45) is 0 Å². The quantitative estimate of drug-likeness (QED) is 0.147. The van der Waals surface area contributed by atoms with Crippen molar-refractivity contribution in [3.05, 3.63) is 237 Å². The van der Waals surface area contributed by atoms with Gasteiger partial charge in [0.05, 0.1) is 11.4 Å². The van der Waals surface area contributed by atoms with Crippen LogP contribution in [0, 0.1) is 0 Å². The molecule has 272 valence electrons. The predicted molar refractivity (Wildman–Crippen MR) is 250 cm³/mol. The van der Waals surface area contributed by atoms with Crippen LogP contribution in [0.3, 0.4) is 0 Å². The van der Waals surface area contributed by atoms with Crippen LogP contribution in [0.15, 0.2) is 237 Å². The molecule has 1 heterocycles. The molecule has 0 aromatic heterocycles. The van der Waals surface area contributed by atoms with Crippen molar-refractivity contribution < 1.29 is 0 Å². The molecule has 0 radical (unpaired) electrons. The van der Waals surface area contributed by atoms with Gasteiger partial charge in [-0.25, -0.2) is 0 Å². The van der Waals surface area contributed by atoms with Crippen molar-refractivity contribution in [2.75, 3.05) is 4.90 Å². The smallest absolute Gasteiger partial charge is 0.180 e. The van der Waals surface area contributed by atoms with Gasteiger partial charge in [-0.3, -0.25) is 0 Å². The first kappa shape index (κ1) is 34.0. The highest BCUT2D eigenvalue weighted by Crippen LogP contribution is 2.46. The molecule has 10 aromatic rings. The fourth-order valence-corrected chi connectivity index (χ4v) is 14.7. The van der Waals surface area contributed by atoms with Crippen LogP contribution < -0.4 is 25.6 Å². The largest absolute Gasteiger partial charge is 0.309 e. The maximum Gasteiger partial charge on any atom is 0.180 e. The fraction of sp³-hybridized carbons (Fsp3) is 0. The molecule has 0 atom stereocenters. The fourth-order valence-electron chi connectivity index (χ4n) is 9.50. The topological polar surface area (TPSA) is 3.24 Å². The summed E-state index contributed by atoms with van der Waals surface area (Å²) >= 11 is 0. The number of hydrogen-bond acceptors (Lipinski definition) is 1. The number of nitrogens with zero attached hydrogens (tertiary/aromatic N) is 1. The zero-order valence-electron chi connectivity index (χ0n) is 32.0. The van der Waals surface area contributed by atoms with Gasteiger partial charge in [-0.15, -0.1) is 0 Å². The molecule has 0 unspecified atom stereocenters. The normalized spacial score (nSPS) is 12.6. The molecule has 0 saturated carbocycles. The van der Waals surface area contributed by atoms with E-state index in [2.05, 4.69) is 241 Å². The first-order valence-electron chi connectivity index (χ1n) is 20.1. The maximum absolute atomic E-state index is 2.90. The van der Waals surface area contributed by atoms with E-state index < -0.39 is 8.07 Å². The lowest BCUT2D eigenvalue weighted by Crippen LogP contribution is -2.72. The van der Waals surface area contributed by atoms with Crippen molar-refractivity contribution in [1.29, 1.82) is 0 Å². The SMILES string of the molecule is c1ccc(-c2ccc(N(c3ccccc3-c3ccccc3)c3cccc4c3-c3ccccc3[Si]4(c3ccc4ccccc4c3)c3ccc4ccccc4c3)cc2)cc1. The molecule has 1 aliphatic rings. The molecule has 58 heavy (non-hydrogen) atoms. The molecule has 0 saturated heterocycles. The second-order valence-electron chi connectivity index (χ2n) is 15.3. The Bertz CT molecular complexity index is 3040. The highest BCUT2D eigenvalue weighted by atomic mass is 28.3. The van der Waals surface area contributed by atoms with Crippen LogP contribution in [0.4, 0.5) is 17.1 Å². The number of anilines is 3. The van der Waals surface area contributed by atoms with Gasteiger partial charge in [0, 0.05) is 16.8 Å². The summed E-state index contributed by atoms with van der Waals surface area (Å²) in [6.45, 7) is 0. The minimum absolute atomic E-state index is 1.12. The molecule has 1 nitrogen and oxygen atoms in total. The lowest BCUT2D eigenvalue weighted by molar-refractivity contribution is 1.29. The average Bonchev–Trinajstić information content (AvgIpc) is 3.61. The van der Waals surface area contributed by atoms with Crippen molar-refractivity contribution in [1.82, 2.24) is 0 Å². The van der Waals surface area contributed by atoms with Crippen LogP contribution in [0.1, 0.15) is 0 Å². The van der Waals surface area contributed by atoms with Crippen LogP contribution >= 0.6 is 0 Å². The molecule has 0 amide bonds. The Morgan fingerprint density at radius 1 is 0.293 bits per heavy atom. The number of para-hydroxylation sites is 1. The third-order valence-corrected chi connectivity index (χ3v) is 16.9. The Morgan fingerprint density at radius 2 is 0.776 bits per heavy atom. The molecule has 1 aliphatic heterocycles. The Labute approximate surface area is 340 Å². The maximum atomic E-state index is 2.51. The van der Waals surface area contributed by atoms with E-state index in [1.807, 2.05) is 0 Å². The van der Waals surface area contributed by atoms with Crippen LogP contribution in [0.5, 0.6) is 0 Å². The van der Waals surface area contributed by atoms with Gasteiger partial charge < -0.3 is 4.90 Å². The van der Waals surface area contributed by atoms with E-state index in [-0.39, 0.29) is 0 Å². The Balaban J connectivity index is 1.22. The molecular formula is C56H39NSi. The molecule has 0 aliphatic carbocycles. The minimum Gasteiger partial charge on any atom is -0.309 e. The number of benzene rings is 10. The second-order valence-corrected chi connectivity index (χ2v) is 19.0. The van der Waals surface area contributed by atoms with E-state index >= 15 is 0 Å². The van der Waals surface area contributed by atoms with Crippen molar-refractivity contribution >= 4 is 67.4 Å². The summed E-state index contributed by atoms with van der Waals surface area (Å²) < 4.78 is 0. The van der Waals surface area contributed by atoms with Crippen LogP contribution in [0.25, 0.3) is 54.9 Å². The predicted octanol–water partition coefficient (Wildman–Crippen LogP) is 12.2. The Hall–Kier alpha value is -7.26. The van der Waals surface area contributed by atoms with Gasteiger partial charge in [-0.2, -0.15) is 0 Å². The minimum atomic E-state index is -2.90. The van der Waals surface area contributed by atoms with Gasteiger partial charge in [-0.1, -0.05) is 212 Å². The third-order valence-electron chi connectivity index (χ3n) is 12.1. The number of rotatable bonds is 7. The number of hydrogen-bond donors (Lipinski definition) is 0. The summed E-state index contributed by atoms with van der Waals surface area (Å²) in [7, 11) is -2.90. The molecule has 0 fully saturated rings. The first-order chi connectivity index (χ1) is 28.8. The summed E-state index contributed by atoms with van der Waals surface area (Å²) in [4.78, 5) is 2.51. The van der Waals surface area contributed by atoms with Crippen LogP contribution in [0.2, 0.25) is 0 Å². The molecule has 0 bridgehead atoms. The monoisotopic (exact) mass is 753 g/mol. The summed E-state index contributed by atoms with van der Waals surface area (Å²) in [6, 6.07) is 87.9. The van der Waals surface area contributed by atoms with Gasteiger partial charge >= 0.3 is 0 Å². The lowest BCUT2D eigenvalue weighted by Gasteiger charge is -2.33. The number of fused-ring (bicyclic) bond motifs is 5. The molecule has 10 aromatic carbocycles. The van der Waals surface area contributed by atoms with Gasteiger partial charge in [0.15, 0.2) is 8.07 Å². The summed E-state index contributed by atoms with van der Waals surface area (Å²) in [6.07, 6.45) is 0. The average molecular weight is 754 g/mol. The second kappa shape index (κ2) is 14.0. The van der Waals surface area contributed by atoms with E-state index in [9.17, 15) is 0 Å². The van der Waals surface area contributed by atoms with Crippen molar-refractivity contribution in [3.8, 4) is 33.4 Å². The zero-order chi connectivity index (χ0) is 38.5. The van der Waals surface area contributed by atoms with Gasteiger partial charge in [-0.05, 0) is 88.8 Å². The van der Waals surface area contributed by atoms with E-state index in [4.69, 9.17) is 0 Å². The lowest BCUT2D eigenvalue weighted by atomic mass is 9.98. The molecule has 2 heteroatoms. The summed E-state index contributed by atoms with van der Waals surface area (Å²) in [5.74, 6) is 0. The Kier molecular flexibility index (Phi) is 8.23. The van der Waals surface area contributed by atoms with Gasteiger partial charge in [0.2, 0.25) is 0 Å². The molecular weight excluding hydrogens is 715 g/mol. The van der Waals surface area contributed by atoms with Gasteiger partial charge in [0.25, 0.3) is 0 Å². The van der Waals surface area contributed by atoms with E-state index in [1.54, 1.807) is 0 Å². The Morgan fingerprint density at radius 3 is 1.43 bits per heavy atom. The van der Waals surface area contributed by atoms with Crippen molar-refractivity contribution in [3.63, 3.8) is 0 Å². The zero-order valence-corrected chi connectivity index (χ0v) is 33.0. The highest BCUT2D eigenvalue weighted by molar-refractivity contribution is 7.22. The summed E-state index contributed by atoms with van der Waals surface area (Å²) in [5.41, 5.74) is 10.8. The van der Waals surface area contributed by atoms with E-state index in [0.29, 0.717) is 0 Å². The molecule has 0 spiro atoms. The van der Waals surface area contributed by atoms with Gasteiger partial charge in [0.1, 0.15) is 0 Å². The van der Waals surface area contributed by atoms with E-state index in [1.165, 1.54) is 81.4 Å². The first-order valence-corrected chi connectivity index (χ1v) is 22.1.